The van der Waals surface area contributed by atoms with E-state index in [0.29, 0.717) is 0 Å². The summed E-state index contributed by atoms with van der Waals surface area (Å²) in [6.07, 6.45) is 15.0. The molecule has 0 aromatic carbocycles. The van der Waals surface area contributed by atoms with Crippen molar-refractivity contribution >= 4 is 0 Å². The SMILES string of the molecule is CCCCCCCCCON1CC=CCC1. The third-order valence-electron chi connectivity index (χ3n) is 3.04. The highest BCUT2D eigenvalue weighted by molar-refractivity contribution is 4.88. The molecule has 0 radical (unpaired) electrons. The fourth-order valence-corrected chi connectivity index (χ4v) is 1.99. The summed E-state index contributed by atoms with van der Waals surface area (Å²) in [7, 11) is 0. The maximum atomic E-state index is 5.69. The van der Waals surface area contributed by atoms with Crippen LogP contribution in [0.1, 0.15) is 58.3 Å². The highest BCUT2D eigenvalue weighted by atomic mass is 16.7. The Morgan fingerprint density at radius 2 is 1.75 bits per heavy atom. The summed E-state index contributed by atoms with van der Waals surface area (Å²) in [4.78, 5) is 5.69. The van der Waals surface area contributed by atoms with Crippen molar-refractivity contribution < 1.29 is 4.84 Å². The van der Waals surface area contributed by atoms with Crippen LogP contribution in [-0.2, 0) is 4.84 Å². The Balaban J connectivity index is 1.79. The lowest BCUT2D eigenvalue weighted by Gasteiger charge is -2.22. The number of hydrogen-bond donors (Lipinski definition) is 0. The van der Waals surface area contributed by atoms with Crippen LogP contribution in [0, 0.1) is 0 Å². The summed E-state index contributed by atoms with van der Waals surface area (Å²) < 4.78 is 0. The van der Waals surface area contributed by atoms with E-state index >= 15 is 0 Å². The van der Waals surface area contributed by atoms with Gasteiger partial charge in [0.05, 0.1) is 6.61 Å². The van der Waals surface area contributed by atoms with Crippen LogP contribution in [0.15, 0.2) is 12.2 Å². The minimum atomic E-state index is 0.904. The van der Waals surface area contributed by atoms with Gasteiger partial charge >= 0.3 is 0 Å². The van der Waals surface area contributed by atoms with Crippen LogP contribution in [0.25, 0.3) is 0 Å². The van der Waals surface area contributed by atoms with Gasteiger partial charge in [-0.3, -0.25) is 4.84 Å². The van der Waals surface area contributed by atoms with Gasteiger partial charge in [0.1, 0.15) is 0 Å². The largest absolute Gasteiger partial charge is 0.299 e. The summed E-state index contributed by atoms with van der Waals surface area (Å²) in [6.45, 7) is 5.20. The number of hydroxylamine groups is 2. The smallest absolute Gasteiger partial charge is 0.0685 e. The van der Waals surface area contributed by atoms with E-state index in [2.05, 4.69) is 24.1 Å². The first-order chi connectivity index (χ1) is 7.93. The van der Waals surface area contributed by atoms with E-state index in [1.807, 2.05) is 0 Å². The zero-order valence-corrected chi connectivity index (χ0v) is 10.8. The lowest BCUT2D eigenvalue weighted by molar-refractivity contribution is -0.153. The monoisotopic (exact) mass is 225 g/mol. The van der Waals surface area contributed by atoms with Crippen molar-refractivity contribution in [3.63, 3.8) is 0 Å². The van der Waals surface area contributed by atoms with Crippen molar-refractivity contribution in [1.82, 2.24) is 5.06 Å². The fourth-order valence-electron chi connectivity index (χ4n) is 1.99. The second-order valence-electron chi connectivity index (χ2n) is 4.60. The standard InChI is InChI=1S/C14H27NO/c1-2-3-4-5-6-7-11-14-16-15-12-9-8-10-13-15/h8-9H,2-7,10-14H2,1H3. The van der Waals surface area contributed by atoms with E-state index in [0.717, 1.165) is 26.1 Å². The lowest BCUT2D eigenvalue weighted by atomic mass is 10.1. The van der Waals surface area contributed by atoms with E-state index in [1.165, 1.54) is 44.9 Å². The van der Waals surface area contributed by atoms with E-state index in [9.17, 15) is 0 Å². The van der Waals surface area contributed by atoms with Gasteiger partial charge in [-0.25, -0.2) is 0 Å². The van der Waals surface area contributed by atoms with Crippen LogP contribution in [0.2, 0.25) is 0 Å². The molecule has 0 unspecified atom stereocenters. The van der Waals surface area contributed by atoms with E-state index in [4.69, 9.17) is 4.84 Å². The first kappa shape index (κ1) is 13.7. The van der Waals surface area contributed by atoms with Gasteiger partial charge in [0, 0.05) is 13.1 Å². The molecule has 0 N–H and O–H groups in total. The molecule has 94 valence electrons. The molecule has 0 atom stereocenters. The van der Waals surface area contributed by atoms with Gasteiger partial charge in [0.15, 0.2) is 0 Å². The Labute approximate surface area is 101 Å². The van der Waals surface area contributed by atoms with Gasteiger partial charge in [-0.1, -0.05) is 57.6 Å². The average molecular weight is 225 g/mol. The number of hydrogen-bond acceptors (Lipinski definition) is 2. The average Bonchev–Trinajstić information content (AvgIpc) is 2.34. The minimum Gasteiger partial charge on any atom is -0.299 e. The third-order valence-corrected chi connectivity index (χ3v) is 3.04. The molecule has 2 heteroatoms. The Morgan fingerprint density at radius 1 is 1.00 bits per heavy atom. The Bertz CT molecular complexity index is 180. The molecule has 1 aliphatic heterocycles. The van der Waals surface area contributed by atoms with E-state index in [-0.39, 0.29) is 0 Å². The second kappa shape index (κ2) is 9.86. The molecule has 16 heavy (non-hydrogen) atoms. The predicted octanol–water partition coefficient (Wildman–Crippen LogP) is 3.93. The summed E-state index contributed by atoms with van der Waals surface area (Å²) in [5, 5.41) is 2.08. The van der Waals surface area contributed by atoms with Crippen LogP contribution >= 0.6 is 0 Å². The predicted molar refractivity (Wildman–Crippen MR) is 69.3 cm³/mol. The molecule has 0 aromatic heterocycles. The molecule has 1 heterocycles. The van der Waals surface area contributed by atoms with Crippen molar-refractivity contribution in [2.45, 2.75) is 58.3 Å². The Morgan fingerprint density at radius 3 is 2.44 bits per heavy atom. The van der Waals surface area contributed by atoms with Gasteiger partial charge in [0.2, 0.25) is 0 Å². The van der Waals surface area contributed by atoms with Crippen molar-refractivity contribution in [3.05, 3.63) is 12.2 Å². The van der Waals surface area contributed by atoms with Gasteiger partial charge in [-0.15, -0.1) is 0 Å². The van der Waals surface area contributed by atoms with E-state index in [1.54, 1.807) is 0 Å². The Kier molecular flexibility index (Phi) is 8.45. The highest BCUT2D eigenvalue weighted by Gasteiger charge is 2.05. The molecule has 0 bridgehead atoms. The quantitative estimate of drug-likeness (QED) is 0.435. The maximum absolute atomic E-state index is 5.69. The maximum Gasteiger partial charge on any atom is 0.0685 e. The highest BCUT2D eigenvalue weighted by Crippen LogP contribution is 2.08. The molecule has 1 aliphatic rings. The molecule has 0 fully saturated rings. The van der Waals surface area contributed by atoms with Crippen LogP contribution in [0.5, 0.6) is 0 Å². The summed E-state index contributed by atoms with van der Waals surface area (Å²) in [6, 6.07) is 0. The first-order valence-electron chi connectivity index (χ1n) is 6.96. The molecule has 0 saturated heterocycles. The van der Waals surface area contributed by atoms with Crippen LogP contribution < -0.4 is 0 Å². The first-order valence-corrected chi connectivity index (χ1v) is 6.96. The summed E-state index contributed by atoms with van der Waals surface area (Å²) >= 11 is 0. The molecule has 2 nitrogen and oxygen atoms in total. The molecule has 0 spiro atoms. The van der Waals surface area contributed by atoms with Crippen LogP contribution in [-0.4, -0.2) is 24.8 Å². The normalized spacial score (nSPS) is 16.8. The third kappa shape index (κ3) is 7.02. The molecule has 0 amide bonds. The summed E-state index contributed by atoms with van der Waals surface area (Å²) in [5.41, 5.74) is 0. The van der Waals surface area contributed by atoms with Gasteiger partial charge in [-0.05, 0) is 12.8 Å². The molecule has 0 aromatic rings. The zero-order valence-electron chi connectivity index (χ0n) is 10.8. The molecule has 0 aliphatic carbocycles. The molecule has 0 saturated carbocycles. The summed E-state index contributed by atoms with van der Waals surface area (Å²) in [5.74, 6) is 0. The Hall–Kier alpha value is -0.340. The van der Waals surface area contributed by atoms with E-state index < -0.39 is 0 Å². The van der Waals surface area contributed by atoms with Gasteiger partial charge in [0.25, 0.3) is 0 Å². The number of nitrogens with zero attached hydrogens (tertiary/aromatic N) is 1. The van der Waals surface area contributed by atoms with Gasteiger partial charge in [-0.2, -0.15) is 5.06 Å². The van der Waals surface area contributed by atoms with Crippen LogP contribution in [0.4, 0.5) is 0 Å². The molecule has 1 rings (SSSR count). The van der Waals surface area contributed by atoms with Crippen molar-refractivity contribution in [2.24, 2.45) is 0 Å². The molecular weight excluding hydrogens is 198 g/mol. The zero-order chi connectivity index (χ0) is 11.5. The topological polar surface area (TPSA) is 12.5 Å². The van der Waals surface area contributed by atoms with Crippen molar-refractivity contribution in [1.29, 1.82) is 0 Å². The van der Waals surface area contributed by atoms with Gasteiger partial charge < -0.3 is 0 Å². The van der Waals surface area contributed by atoms with Crippen LogP contribution in [0.3, 0.4) is 0 Å². The van der Waals surface area contributed by atoms with Crippen molar-refractivity contribution in [2.75, 3.05) is 19.7 Å². The lowest BCUT2D eigenvalue weighted by Crippen LogP contribution is -2.27. The number of rotatable bonds is 9. The number of unbranched alkanes of at least 4 members (excludes halogenated alkanes) is 6. The molecular formula is C14H27NO. The fraction of sp³-hybridized carbons (Fsp3) is 0.857. The minimum absolute atomic E-state index is 0.904. The van der Waals surface area contributed by atoms with Crippen molar-refractivity contribution in [3.8, 4) is 0 Å². The second-order valence-corrected chi connectivity index (χ2v) is 4.60.